The normalized spacial score (nSPS) is 11.5. The van der Waals surface area contributed by atoms with Gasteiger partial charge in [-0.05, 0) is 56.2 Å². The molecule has 0 radical (unpaired) electrons. The van der Waals surface area contributed by atoms with Gasteiger partial charge in [0.15, 0.2) is 0 Å². The Balaban J connectivity index is 1.98. The quantitative estimate of drug-likeness (QED) is 0.846. The highest BCUT2D eigenvalue weighted by Gasteiger charge is 2.14. The number of carbonyl (C=O) groups excluding carboxylic acids is 1. The number of rotatable bonds is 6. The molecule has 0 aliphatic heterocycles. The molecule has 0 aromatic heterocycles. The molecule has 1 atom stereocenters. The second kappa shape index (κ2) is 8.91. The van der Waals surface area contributed by atoms with E-state index in [9.17, 15) is 4.79 Å². The minimum absolute atomic E-state index is 0.102. The van der Waals surface area contributed by atoms with Crippen LogP contribution in [-0.2, 0) is 6.54 Å². The van der Waals surface area contributed by atoms with Gasteiger partial charge in [0, 0.05) is 13.6 Å². The molecule has 0 saturated heterocycles. The van der Waals surface area contributed by atoms with Gasteiger partial charge in [-0.1, -0.05) is 24.3 Å². The summed E-state index contributed by atoms with van der Waals surface area (Å²) in [5.41, 5.74) is 2.49. The van der Waals surface area contributed by atoms with Crippen molar-refractivity contribution in [1.82, 2.24) is 10.2 Å². The summed E-state index contributed by atoms with van der Waals surface area (Å²) in [6, 6.07) is 16.8. The van der Waals surface area contributed by atoms with Crippen molar-refractivity contribution < 1.29 is 9.53 Å². The summed E-state index contributed by atoms with van der Waals surface area (Å²) in [6.45, 7) is 6.34. The number of nitrogens with zero attached hydrogens (tertiary/aromatic N) is 2. The number of hydrogen-bond acceptors (Lipinski definition) is 3. The van der Waals surface area contributed by atoms with Gasteiger partial charge in [-0.25, -0.2) is 4.79 Å². The lowest BCUT2D eigenvalue weighted by Gasteiger charge is -2.22. The van der Waals surface area contributed by atoms with Gasteiger partial charge in [0.05, 0.1) is 23.8 Å². The lowest BCUT2D eigenvalue weighted by Crippen LogP contribution is -2.38. The minimum atomic E-state index is -0.171. The number of carbonyl (C=O) groups is 1. The summed E-state index contributed by atoms with van der Waals surface area (Å²) in [7, 11) is 1.74. The highest BCUT2D eigenvalue weighted by molar-refractivity contribution is 5.74. The standard InChI is InChI=1S/C21H25N3O2/c1-15(2)26-20-10-6-9-19(12-20)16(3)23-21(25)24(4)14-18-8-5-7-17(11-18)13-22/h5-12,15-16H,14H2,1-4H3,(H,23,25). The van der Waals surface area contributed by atoms with Gasteiger partial charge < -0.3 is 15.0 Å². The van der Waals surface area contributed by atoms with Gasteiger partial charge in [-0.15, -0.1) is 0 Å². The summed E-state index contributed by atoms with van der Waals surface area (Å²) < 4.78 is 5.71. The van der Waals surface area contributed by atoms with Gasteiger partial charge in [0.1, 0.15) is 5.75 Å². The minimum Gasteiger partial charge on any atom is -0.491 e. The first-order valence-corrected chi connectivity index (χ1v) is 8.66. The molecule has 2 aromatic carbocycles. The van der Waals surface area contributed by atoms with Gasteiger partial charge in [0.25, 0.3) is 0 Å². The van der Waals surface area contributed by atoms with E-state index in [2.05, 4.69) is 11.4 Å². The van der Waals surface area contributed by atoms with E-state index in [0.717, 1.165) is 16.9 Å². The molecule has 5 nitrogen and oxygen atoms in total. The molecular weight excluding hydrogens is 326 g/mol. The van der Waals surface area contributed by atoms with Crippen LogP contribution >= 0.6 is 0 Å². The molecule has 26 heavy (non-hydrogen) atoms. The highest BCUT2D eigenvalue weighted by Crippen LogP contribution is 2.20. The first-order valence-electron chi connectivity index (χ1n) is 8.66. The van der Waals surface area contributed by atoms with Crippen LogP contribution in [0, 0.1) is 11.3 Å². The van der Waals surface area contributed by atoms with E-state index in [-0.39, 0.29) is 18.2 Å². The van der Waals surface area contributed by atoms with Crippen LogP contribution in [0.4, 0.5) is 4.79 Å². The van der Waals surface area contributed by atoms with Gasteiger partial charge in [-0.3, -0.25) is 0 Å². The van der Waals surface area contributed by atoms with Gasteiger partial charge >= 0.3 is 6.03 Å². The monoisotopic (exact) mass is 351 g/mol. The third kappa shape index (κ3) is 5.52. The Morgan fingerprint density at radius 2 is 1.92 bits per heavy atom. The third-order valence-corrected chi connectivity index (χ3v) is 3.89. The molecule has 1 N–H and O–H groups in total. The molecule has 2 amide bonds. The maximum atomic E-state index is 12.5. The molecule has 2 rings (SSSR count). The molecule has 136 valence electrons. The molecule has 0 aliphatic rings. The van der Waals surface area contributed by atoms with E-state index >= 15 is 0 Å². The Bertz CT molecular complexity index is 796. The van der Waals surface area contributed by atoms with E-state index in [1.165, 1.54) is 0 Å². The van der Waals surface area contributed by atoms with Crippen molar-refractivity contribution in [3.05, 3.63) is 65.2 Å². The lowest BCUT2D eigenvalue weighted by atomic mass is 10.1. The number of ether oxygens (including phenoxy) is 1. The van der Waals surface area contributed by atoms with E-state index in [1.54, 1.807) is 24.1 Å². The molecule has 0 bridgehead atoms. The van der Waals surface area contributed by atoms with Crippen LogP contribution in [0.5, 0.6) is 5.75 Å². The fourth-order valence-corrected chi connectivity index (χ4v) is 2.59. The van der Waals surface area contributed by atoms with Crippen LogP contribution < -0.4 is 10.1 Å². The fraction of sp³-hybridized carbons (Fsp3) is 0.333. The van der Waals surface area contributed by atoms with E-state index < -0.39 is 0 Å². The number of urea groups is 1. The lowest BCUT2D eigenvalue weighted by molar-refractivity contribution is 0.203. The predicted octanol–water partition coefficient (Wildman–Crippen LogP) is 4.25. The van der Waals surface area contributed by atoms with Gasteiger partial charge in [-0.2, -0.15) is 5.26 Å². The summed E-state index contributed by atoms with van der Waals surface area (Å²) in [5.74, 6) is 0.792. The van der Waals surface area contributed by atoms with Crippen LogP contribution in [0.1, 0.15) is 43.5 Å². The van der Waals surface area contributed by atoms with Crippen molar-refractivity contribution in [3.63, 3.8) is 0 Å². The van der Waals surface area contributed by atoms with Crippen LogP contribution in [0.25, 0.3) is 0 Å². The largest absolute Gasteiger partial charge is 0.491 e. The molecule has 0 spiro atoms. The first kappa shape index (κ1) is 19.3. The molecule has 5 heteroatoms. The zero-order valence-corrected chi connectivity index (χ0v) is 15.7. The summed E-state index contributed by atoms with van der Waals surface area (Å²) in [4.78, 5) is 14.1. The van der Waals surface area contributed by atoms with E-state index in [4.69, 9.17) is 10.00 Å². The Morgan fingerprint density at radius 1 is 1.19 bits per heavy atom. The Morgan fingerprint density at radius 3 is 2.62 bits per heavy atom. The van der Waals surface area contributed by atoms with E-state index in [1.807, 2.05) is 57.2 Å². The van der Waals surface area contributed by atoms with Crippen LogP contribution in [-0.4, -0.2) is 24.1 Å². The second-order valence-electron chi connectivity index (χ2n) is 6.58. The second-order valence-corrected chi connectivity index (χ2v) is 6.58. The topological polar surface area (TPSA) is 65.4 Å². The molecule has 1 unspecified atom stereocenters. The van der Waals surface area contributed by atoms with E-state index in [0.29, 0.717) is 12.1 Å². The summed E-state index contributed by atoms with van der Waals surface area (Å²) >= 11 is 0. The van der Waals surface area contributed by atoms with Crippen LogP contribution in [0.2, 0.25) is 0 Å². The maximum absolute atomic E-state index is 12.5. The van der Waals surface area contributed by atoms with Crippen molar-refractivity contribution in [2.24, 2.45) is 0 Å². The summed E-state index contributed by atoms with van der Waals surface area (Å²) in [6.07, 6.45) is 0.102. The number of nitriles is 1. The van der Waals surface area contributed by atoms with Gasteiger partial charge in [0.2, 0.25) is 0 Å². The number of amides is 2. The first-order chi connectivity index (χ1) is 12.4. The third-order valence-electron chi connectivity index (χ3n) is 3.89. The Kier molecular flexibility index (Phi) is 6.62. The van der Waals surface area contributed by atoms with Crippen LogP contribution in [0.15, 0.2) is 48.5 Å². The van der Waals surface area contributed by atoms with Crippen molar-refractivity contribution in [1.29, 1.82) is 5.26 Å². The zero-order valence-electron chi connectivity index (χ0n) is 15.7. The molecule has 2 aromatic rings. The predicted molar refractivity (Wildman–Crippen MR) is 102 cm³/mol. The highest BCUT2D eigenvalue weighted by atomic mass is 16.5. The number of benzene rings is 2. The smallest absolute Gasteiger partial charge is 0.317 e. The Labute approximate surface area is 155 Å². The molecule has 0 saturated carbocycles. The van der Waals surface area contributed by atoms with Crippen molar-refractivity contribution in [2.75, 3.05) is 7.05 Å². The van der Waals surface area contributed by atoms with Crippen molar-refractivity contribution in [2.45, 2.75) is 39.5 Å². The molecule has 0 aliphatic carbocycles. The maximum Gasteiger partial charge on any atom is 0.317 e. The number of hydrogen-bond donors (Lipinski definition) is 1. The number of nitrogens with one attached hydrogen (secondary N) is 1. The van der Waals surface area contributed by atoms with Crippen molar-refractivity contribution >= 4 is 6.03 Å². The summed E-state index contributed by atoms with van der Waals surface area (Å²) in [5, 5.41) is 12.0. The fourth-order valence-electron chi connectivity index (χ4n) is 2.59. The van der Waals surface area contributed by atoms with Crippen molar-refractivity contribution in [3.8, 4) is 11.8 Å². The zero-order chi connectivity index (χ0) is 19.1. The molecule has 0 fully saturated rings. The SMILES string of the molecule is CC(C)Oc1cccc(C(C)NC(=O)N(C)Cc2cccc(C#N)c2)c1. The van der Waals surface area contributed by atoms with Crippen LogP contribution in [0.3, 0.4) is 0 Å². The molecular formula is C21H25N3O2. The molecule has 0 heterocycles. The Hall–Kier alpha value is -3.00. The average Bonchev–Trinajstić information content (AvgIpc) is 2.61. The average molecular weight is 351 g/mol.